The zero-order valence-corrected chi connectivity index (χ0v) is 14.0. The van der Waals surface area contributed by atoms with Crippen molar-refractivity contribution >= 4 is 11.9 Å². The van der Waals surface area contributed by atoms with Gasteiger partial charge in [0.25, 0.3) is 0 Å². The van der Waals surface area contributed by atoms with Crippen molar-refractivity contribution in [3.05, 3.63) is 24.0 Å². The lowest BCUT2D eigenvalue weighted by atomic mass is 10.1. The van der Waals surface area contributed by atoms with Crippen molar-refractivity contribution in [1.82, 2.24) is 9.55 Å². The first-order chi connectivity index (χ1) is 9.73. The van der Waals surface area contributed by atoms with Gasteiger partial charge in [-0.05, 0) is 31.1 Å². The monoisotopic (exact) mass is 289 g/mol. The molecule has 1 aromatic heterocycles. The van der Waals surface area contributed by atoms with Crippen LogP contribution in [0.4, 0.5) is 5.95 Å². The highest BCUT2D eigenvalue weighted by molar-refractivity contribution is 5.94. The molecule has 1 saturated carbocycles. The van der Waals surface area contributed by atoms with Gasteiger partial charge in [-0.2, -0.15) is 0 Å². The molecule has 1 aliphatic carbocycles. The van der Waals surface area contributed by atoms with Gasteiger partial charge in [0.05, 0.1) is 5.92 Å². The SMILES string of the molecule is CC(C)=C[C@@H]1[C@@H](C(=O)Nc2nccn2CC(C)C)C1(C)C. The standard InChI is InChI=1S/C17H27N3O/c1-11(2)9-13-14(17(13,5)6)15(21)19-16-18-7-8-20(16)10-12(3)4/h7-9,12-14H,10H2,1-6H3,(H,18,19,21)/t13-,14+/m1/s1. The first-order valence-electron chi connectivity index (χ1n) is 7.70. The summed E-state index contributed by atoms with van der Waals surface area (Å²) in [5.74, 6) is 1.63. The molecule has 0 aliphatic heterocycles. The fraction of sp³-hybridized carbons (Fsp3) is 0.647. The summed E-state index contributed by atoms with van der Waals surface area (Å²) in [5.41, 5.74) is 1.31. The second kappa shape index (κ2) is 5.66. The summed E-state index contributed by atoms with van der Waals surface area (Å²) in [5, 5.41) is 3.00. The lowest BCUT2D eigenvalue weighted by Gasteiger charge is -2.11. The number of nitrogens with one attached hydrogen (secondary N) is 1. The molecule has 1 amide bonds. The lowest BCUT2D eigenvalue weighted by molar-refractivity contribution is -0.118. The first kappa shape index (κ1) is 15.8. The molecule has 1 heterocycles. The third kappa shape index (κ3) is 3.36. The van der Waals surface area contributed by atoms with E-state index in [-0.39, 0.29) is 17.2 Å². The summed E-state index contributed by atoms with van der Waals surface area (Å²) >= 11 is 0. The van der Waals surface area contributed by atoms with E-state index in [1.807, 2.05) is 10.8 Å². The Kier molecular flexibility index (Phi) is 4.26. The molecule has 116 valence electrons. The Labute approximate surface area is 127 Å². The van der Waals surface area contributed by atoms with Crippen molar-refractivity contribution in [1.29, 1.82) is 0 Å². The zero-order valence-electron chi connectivity index (χ0n) is 14.0. The molecule has 0 radical (unpaired) electrons. The van der Waals surface area contributed by atoms with Crippen LogP contribution in [0, 0.1) is 23.2 Å². The summed E-state index contributed by atoms with van der Waals surface area (Å²) in [7, 11) is 0. The molecule has 0 aromatic carbocycles. The molecule has 4 nitrogen and oxygen atoms in total. The van der Waals surface area contributed by atoms with Gasteiger partial charge in [0, 0.05) is 18.9 Å². The molecule has 0 bridgehead atoms. The predicted molar refractivity (Wildman–Crippen MR) is 85.9 cm³/mol. The number of carbonyl (C=O) groups excluding carboxylic acids is 1. The summed E-state index contributed by atoms with van der Waals surface area (Å²) in [6.07, 6.45) is 5.87. The lowest BCUT2D eigenvalue weighted by Crippen LogP contribution is -2.20. The maximum Gasteiger partial charge on any atom is 0.230 e. The van der Waals surface area contributed by atoms with E-state index in [4.69, 9.17) is 0 Å². The summed E-state index contributed by atoms with van der Waals surface area (Å²) in [6, 6.07) is 0. The molecule has 0 spiro atoms. The number of amides is 1. The van der Waals surface area contributed by atoms with E-state index in [1.165, 1.54) is 5.57 Å². The highest BCUT2D eigenvalue weighted by Gasteiger charge is 2.60. The minimum absolute atomic E-state index is 0.0385. The Morgan fingerprint density at radius 3 is 2.71 bits per heavy atom. The third-order valence-electron chi connectivity index (χ3n) is 4.22. The van der Waals surface area contributed by atoms with Crippen LogP contribution in [-0.2, 0) is 11.3 Å². The number of aromatic nitrogens is 2. The van der Waals surface area contributed by atoms with Crippen LogP contribution in [0.2, 0.25) is 0 Å². The van der Waals surface area contributed by atoms with Crippen LogP contribution in [0.15, 0.2) is 24.0 Å². The third-order valence-corrected chi connectivity index (χ3v) is 4.22. The molecular weight excluding hydrogens is 262 g/mol. The Morgan fingerprint density at radius 2 is 2.14 bits per heavy atom. The van der Waals surface area contributed by atoms with Crippen molar-refractivity contribution in [3.8, 4) is 0 Å². The molecule has 2 atom stereocenters. The Balaban J connectivity index is 2.06. The van der Waals surface area contributed by atoms with E-state index >= 15 is 0 Å². The van der Waals surface area contributed by atoms with Crippen LogP contribution in [0.1, 0.15) is 41.5 Å². The van der Waals surface area contributed by atoms with Gasteiger partial charge in [0.15, 0.2) is 0 Å². The molecule has 0 unspecified atom stereocenters. The highest BCUT2D eigenvalue weighted by Crippen LogP contribution is 2.59. The van der Waals surface area contributed by atoms with Crippen LogP contribution in [-0.4, -0.2) is 15.5 Å². The molecule has 1 fully saturated rings. The predicted octanol–water partition coefficient (Wildman–Crippen LogP) is 3.72. The van der Waals surface area contributed by atoms with Gasteiger partial charge in [-0.25, -0.2) is 4.98 Å². The Bertz CT molecular complexity index is 550. The number of rotatable bonds is 5. The van der Waals surface area contributed by atoms with E-state index in [1.54, 1.807) is 6.20 Å². The van der Waals surface area contributed by atoms with Gasteiger partial charge >= 0.3 is 0 Å². The average Bonchev–Trinajstić information content (AvgIpc) is 2.67. The van der Waals surface area contributed by atoms with Crippen molar-refractivity contribution in [3.63, 3.8) is 0 Å². The normalized spacial score (nSPS) is 23.0. The van der Waals surface area contributed by atoms with Gasteiger partial charge in [-0.15, -0.1) is 0 Å². The second-order valence-electron chi connectivity index (χ2n) is 7.36. The molecule has 2 rings (SSSR count). The molecule has 21 heavy (non-hydrogen) atoms. The minimum Gasteiger partial charge on any atom is -0.317 e. The number of anilines is 1. The molecule has 1 aliphatic rings. The van der Waals surface area contributed by atoms with Crippen LogP contribution in [0.3, 0.4) is 0 Å². The quantitative estimate of drug-likeness (QED) is 0.840. The molecule has 4 heteroatoms. The zero-order chi connectivity index (χ0) is 15.8. The van der Waals surface area contributed by atoms with Crippen molar-refractivity contribution in [2.24, 2.45) is 23.2 Å². The molecule has 1 N–H and O–H groups in total. The van der Waals surface area contributed by atoms with Crippen LogP contribution >= 0.6 is 0 Å². The largest absolute Gasteiger partial charge is 0.317 e. The fourth-order valence-electron chi connectivity index (χ4n) is 3.01. The Hall–Kier alpha value is -1.58. The Morgan fingerprint density at radius 1 is 1.48 bits per heavy atom. The van der Waals surface area contributed by atoms with E-state index in [2.05, 4.69) is 57.9 Å². The van der Waals surface area contributed by atoms with E-state index < -0.39 is 0 Å². The van der Waals surface area contributed by atoms with Gasteiger partial charge < -0.3 is 4.57 Å². The van der Waals surface area contributed by atoms with Gasteiger partial charge in [0.2, 0.25) is 11.9 Å². The first-order valence-corrected chi connectivity index (χ1v) is 7.70. The van der Waals surface area contributed by atoms with Gasteiger partial charge in [-0.1, -0.05) is 39.3 Å². The minimum atomic E-state index is 0.0385. The van der Waals surface area contributed by atoms with E-state index in [0.717, 1.165) is 6.54 Å². The summed E-state index contributed by atoms with van der Waals surface area (Å²) in [4.78, 5) is 16.8. The van der Waals surface area contributed by atoms with E-state index in [0.29, 0.717) is 17.8 Å². The second-order valence-corrected chi connectivity index (χ2v) is 7.36. The van der Waals surface area contributed by atoms with Crippen molar-refractivity contribution in [2.45, 2.75) is 48.1 Å². The molecular formula is C17H27N3O. The number of imidazole rings is 1. The van der Waals surface area contributed by atoms with Crippen molar-refractivity contribution < 1.29 is 4.79 Å². The number of hydrogen-bond acceptors (Lipinski definition) is 2. The van der Waals surface area contributed by atoms with Crippen LogP contribution < -0.4 is 5.32 Å². The van der Waals surface area contributed by atoms with Crippen LogP contribution in [0.5, 0.6) is 0 Å². The fourth-order valence-corrected chi connectivity index (χ4v) is 3.01. The summed E-state index contributed by atoms with van der Waals surface area (Å²) in [6.45, 7) is 13.6. The van der Waals surface area contributed by atoms with E-state index in [9.17, 15) is 4.79 Å². The topological polar surface area (TPSA) is 46.9 Å². The smallest absolute Gasteiger partial charge is 0.230 e. The maximum absolute atomic E-state index is 12.5. The van der Waals surface area contributed by atoms with Crippen LogP contribution in [0.25, 0.3) is 0 Å². The number of carbonyl (C=O) groups is 1. The number of hydrogen-bond donors (Lipinski definition) is 1. The number of nitrogens with zero attached hydrogens (tertiary/aromatic N) is 2. The summed E-state index contributed by atoms with van der Waals surface area (Å²) < 4.78 is 2.01. The van der Waals surface area contributed by atoms with Crippen molar-refractivity contribution in [2.75, 3.05) is 5.32 Å². The molecule has 1 aromatic rings. The average molecular weight is 289 g/mol. The van der Waals surface area contributed by atoms with Gasteiger partial charge in [0.1, 0.15) is 0 Å². The molecule has 0 saturated heterocycles. The van der Waals surface area contributed by atoms with Gasteiger partial charge in [-0.3, -0.25) is 10.1 Å². The number of allylic oxidation sites excluding steroid dienone is 2. The maximum atomic E-state index is 12.5. The highest BCUT2D eigenvalue weighted by atomic mass is 16.2.